The molecule has 0 fully saturated rings. The van der Waals surface area contributed by atoms with Gasteiger partial charge in [0.25, 0.3) is 0 Å². The SMILES string of the molecule is COCCN(CCC#N)c1ccc(N)nc1. The molecular weight excluding hydrogens is 204 g/mol. The van der Waals surface area contributed by atoms with Crippen molar-refractivity contribution in [3.8, 4) is 6.07 Å². The summed E-state index contributed by atoms with van der Waals surface area (Å²) in [5, 5.41) is 8.59. The van der Waals surface area contributed by atoms with Crippen LogP contribution < -0.4 is 10.6 Å². The third-order valence-corrected chi connectivity index (χ3v) is 2.19. The van der Waals surface area contributed by atoms with Crippen LogP contribution in [0.1, 0.15) is 6.42 Å². The van der Waals surface area contributed by atoms with E-state index in [1.54, 1.807) is 19.4 Å². The summed E-state index contributed by atoms with van der Waals surface area (Å²) >= 11 is 0. The van der Waals surface area contributed by atoms with E-state index in [4.69, 9.17) is 15.7 Å². The van der Waals surface area contributed by atoms with Gasteiger partial charge < -0.3 is 15.4 Å². The molecule has 0 amide bonds. The van der Waals surface area contributed by atoms with Crippen LogP contribution in [0.5, 0.6) is 0 Å². The zero-order valence-corrected chi connectivity index (χ0v) is 9.39. The van der Waals surface area contributed by atoms with Crippen molar-refractivity contribution in [1.82, 2.24) is 4.98 Å². The van der Waals surface area contributed by atoms with Gasteiger partial charge in [-0.1, -0.05) is 0 Å². The van der Waals surface area contributed by atoms with E-state index in [1.165, 1.54) is 0 Å². The molecule has 0 bridgehead atoms. The van der Waals surface area contributed by atoms with E-state index < -0.39 is 0 Å². The number of ether oxygens (including phenoxy) is 1. The van der Waals surface area contributed by atoms with Crippen LogP contribution in [0.15, 0.2) is 18.3 Å². The molecule has 0 atom stereocenters. The van der Waals surface area contributed by atoms with Gasteiger partial charge in [0.1, 0.15) is 5.82 Å². The van der Waals surface area contributed by atoms with Crippen molar-refractivity contribution in [1.29, 1.82) is 5.26 Å². The lowest BCUT2D eigenvalue weighted by Crippen LogP contribution is -2.28. The van der Waals surface area contributed by atoms with Gasteiger partial charge in [-0.25, -0.2) is 4.98 Å². The fraction of sp³-hybridized carbons (Fsp3) is 0.455. The molecule has 0 aromatic carbocycles. The number of hydrogen-bond donors (Lipinski definition) is 1. The summed E-state index contributed by atoms with van der Waals surface area (Å²) in [6.07, 6.45) is 2.19. The Morgan fingerprint density at radius 1 is 1.50 bits per heavy atom. The summed E-state index contributed by atoms with van der Waals surface area (Å²) in [6.45, 7) is 2.03. The Kier molecular flexibility index (Phi) is 5.09. The molecule has 0 aliphatic rings. The Morgan fingerprint density at radius 2 is 2.31 bits per heavy atom. The standard InChI is InChI=1S/C11H16N4O/c1-16-8-7-15(6-2-5-12)10-3-4-11(13)14-9-10/h3-4,9H,2,6-8H2,1H3,(H2,13,14). The Hall–Kier alpha value is -1.80. The minimum absolute atomic E-state index is 0.480. The first kappa shape index (κ1) is 12.3. The maximum Gasteiger partial charge on any atom is 0.123 e. The quantitative estimate of drug-likeness (QED) is 0.775. The van der Waals surface area contributed by atoms with Crippen LogP contribution in [0.2, 0.25) is 0 Å². The zero-order valence-electron chi connectivity index (χ0n) is 9.39. The average molecular weight is 220 g/mol. The monoisotopic (exact) mass is 220 g/mol. The lowest BCUT2D eigenvalue weighted by atomic mass is 10.3. The van der Waals surface area contributed by atoms with E-state index in [0.29, 0.717) is 25.4 Å². The molecule has 5 heteroatoms. The van der Waals surface area contributed by atoms with Gasteiger partial charge in [-0.3, -0.25) is 0 Å². The van der Waals surface area contributed by atoms with Crippen molar-refractivity contribution in [3.05, 3.63) is 18.3 Å². The predicted molar refractivity (Wildman–Crippen MR) is 63.0 cm³/mol. The average Bonchev–Trinajstić information content (AvgIpc) is 2.31. The van der Waals surface area contributed by atoms with Crippen molar-refractivity contribution < 1.29 is 4.74 Å². The third-order valence-electron chi connectivity index (χ3n) is 2.19. The fourth-order valence-electron chi connectivity index (χ4n) is 1.34. The number of methoxy groups -OCH3 is 1. The van der Waals surface area contributed by atoms with Crippen LogP contribution in [-0.4, -0.2) is 31.8 Å². The minimum Gasteiger partial charge on any atom is -0.384 e. The lowest BCUT2D eigenvalue weighted by Gasteiger charge is -2.22. The summed E-state index contributed by atoms with van der Waals surface area (Å²) in [4.78, 5) is 6.08. The van der Waals surface area contributed by atoms with Crippen molar-refractivity contribution >= 4 is 11.5 Å². The molecule has 0 unspecified atom stereocenters. The molecule has 2 N–H and O–H groups in total. The molecule has 0 aliphatic heterocycles. The van der Waals surface area contributed by atoms with Crippen LogP contribution in [0.3, 0.4) is 0 Å². The highest BCUT2D eigenvalue weighted by Gasteiger charge is 2.05. The zero-order chi connectivity index (χ0) is 11.8. The number of pyridine rings is 1. The van der Waals surface area contributed by atoms with E-state index in [1.807, 2.05) is 6.07 Å². The van der Waals surface area contributed by atoms with Crippen molar-refractivity contribution in [3.63, 3.8) is 0 Å². The second kappa shape index (κ2) is 6.64. The maximum absolute atomic E-state index is 8.59. The maximum atomic E-state index is 8.59. The van der Waals surface area contributed by atoms with Gasteiger partial charge in [0.05, 0.1) is 31.0 Å². The first-order chi connectivity index (χ1) is 7.77. The number of anilines is 2. The normalized spacial score (nSPS) is 9.75. The fourth-order valence-corrected chi connectivity index (χ4v) is 1.34. The molecule has 0 saturated heterocycles. The number of nitriles is 1. The second-order valence-corrected chi connectivity index (χ2v) is 3.33. The van der Waals surface area contributed by atoms with Gasteiger partial charge in [-0.15, -0.1) is 0 Å². The van der Waals surface area contributed by atoms with E-state index in [0.717, 1.165) is 12.2 Å². The van der Waals surface area contributed by atoms with Crippen molar-refractivity contribution in [2.75, 3.05) is 37.4 Å². The summed E-state index contributed by atoms with van der Waals surface area (Å²) in [5.74, 6) is 0.496. The van der Waals surface area contributed by atoms with E-state index in [2.05, 4.69) is 16.0 Å². The van der Waals surface area contributed by atoms with Gasteiger partial charge in [-0.2, -0.15) is 5.26 Å². The Bertz CT molecular complexity index is 344. The summed E-state index contributed by atoms with van der Waals surface area (Å²) < 4.78 is 5.03. The first-order valence-corrected chi connectivity index (χ1v) is 5.10. The Balaban J connectivity index is 2.67. The van der Waals surface area contributed by atoms with Crippen LogP contribution in [-0.2, 0) is 4.74 Å². The van der Waals surface area contributed by atoms with Crippen molar-refractivity contribution in [2.24, 2.45) is 0 Å². The van der Waals surface area contributed by atoms with Gasteiger partial charge in [-0.05, 0) is 12.1 Å². The highest BCUT2D eigenvalue weighted by molar-refractivity contribution is 5.48. The van der Waals surface area contributed by atoms with Crippen LogP contribution >= 0.6 is 0 Å². The molecule has 5 nitrogen and oxygen atoms in total. The minimum atomic E-state index is 0.480. The smallest absolute Gasteiger partial charge is 0.123 e. The Morgan fingerprint density at radius 3 is 2.88 bits per heavy atom. The number of nitrogens with zero attached hydrogens (tertiary/aromatic N) is 3. The number of rotatable bonds is 6. The topological polar surface area (TPSA) is 75.2 Å². The van der Waals surface area contributed by atoms with Crippen molar-refractivity contribution in [2.45, 2.75) is 6.42 Å². The first-order valence-electron chi connectivity index (χ1n) is 5.10. The number of nitrogen functional groups attached to an aromatic ring is 1. The molecule has 0 spiro atoms. The van der Waals surface area contributed by atoms with E-state index in [9.17, 15) is 0 Å². The van der Waals surface area contributed by atoms with Crippen LogP contribution in [0.25, 0.3) is 0 Å². The summed E-state index contributed by atoms with van der Waals surface area (Å²) in [6, 6.07) is 5.78. The van der Waals surface area contributed by atoms with E-state index >= 15 is 0 Å². The van der Waals surface area contributed by atoms with Crippen LogP contribution in [0, 0.1) is 11.3 Å². The largest absolute Gasteiger partial charge is 0.384 e. The predicted octanol–water partition coefficient (Wildman–Crippen LogP) is 1.03. The molecule has 0 aliphatic carbocycles. The molecule has 16 heavy (non-hydrogen) atoms. The number of hydrogen-bond acceptors (Lipinski definition) is 5. The van der Waals surface area contributed by atoms with Gasteiger partial charge in [0.2, 0.25) is 0 Å². The molecule has 1 aromatic heterocycles. The van der Waals surface area contributed by atoms with Crippen LogP contribution in [0.4, 0.5) is 11.5 Å². The highest BCUT2D eigenvalue weighted by Crippen LogP contribution is 2.13. The molecule has 0 saturated carbocycles. The van der Waals surface area contributed by atoms with E-state index in [-0.39, 0.29) is 0 Å². The highest BCUT2D eigenvalue weighted by atomic mass is 16.5. The summed E-state index contributed by atoms with van der Waals surface area (Å²) in [7, 11) is 1.66. The molecule has 1 aromatic rings. The second-order valence-electron chi connectivity index (χ2n) is 3.33. The molecule has 0 radical (unpaired) electrons. The number of aromatic nitrogens is 1. The molecular formula is C11H16N4O. The van der Waals surface area contributed by atoms with Gasteiger partial charge >= 0.3 is 0 Å². The molecule has 86 valence electrons. The molecule has 1 rings (SSSR count). The van der Waals surface area contributed by atoms with Gasteiger partial charge in [0.15, 0.2) is 0 Å². The Labute approximate surface area is 95.4 Å². The molecule has 1 heterocycles. The third kappa shape index (κ3) is 3.75. The number of nitrogens with two attached hydrogens (primary N) is 1. The van der Waals surface area contributed by atoms with Gasteiger partial charge in [0, 0.05) is 20.2 Å². The summed E-state index contributed by atoms with van der Waals surface area (Å²) in [5.41, 5.74) is 6.48. The lowest BCUT2D eigenvalue weighted by molar-refractivity contribution is 0.205.